The first kappa shape index (κ1) is 10.1. The molecule has 1 aromatic rings. The molecule has 0 saturated heterocycles. The highest BCUT2D eigenvalue weighted by Gasteiger charge is 2.12. The molecule has 4 nitrogen and oxygen atoms in total. The lowest BCUT2D eigenvalue weighted by Crippen LogP contribution is -1.91. The molecule has 0 saturated carbocycles. The molecule has 0 aliphatic heterocycles. The van der Waals surface area contributed by atoms with Crippen LogP contribution in [0.15, 0.2) is 16.6 Å². The van der Waals surface area contributed by atoms with Gasteiger partial charge in [-0.2, -0.15) is 0 Å². The Balaban J connectivity index is 3.38. The minimum atomic E-state index is -0.589. The van der Waals surface area contributed by atoms with Gasteiger partial charge in [0.25, 0.3) is 5.69 Å². The maximum atomic E-state index is 10.4. The van der Waals surface area contributed by atoms with Crippen molar-refractivity contribution in [2.45, 2.75) is 0 Å². The van der Waals surface area contributed by atoms with Gasteiger partial charge in [0.15, 0.2) is 6.29 Å². The van der Waals surface area contributed by atoms with E-state index in [-0.39, 0.29) is 16.3 Å². The SMILES string of the molecule is O=Cc1cc([N+](=O)[O-])cc(Br)c1Cl. The second-order valence-electron chi connectivity index (χ2n) is 2.21. The van der Waals surface area contributed by atoms with E-state index in [1.54, 1.807) is 0 Å². The van der Waals surface area contributed by atoms with Gasteiger partial charge in [0, 0.05) is 22.2 Å². The number of non-ortho nitro benzene ring substituents is 1. The van der Waals surface area contributed by atoms with Crippen LogP contribution in [-0.4, -0.2) is 11.2 Å². The zero-order chi connectivity index (χ0) is 10.0. The normalized spacial score (nSPS) is 9.69. The van der Waals surface area contributed by atoms with Crippen molar-refractivity contribution in [1.29, 1.82) is 0 Å². The van der Waals surface area contributed by atoms with Crippen molar-refractivity contribution in [2.75, 3.05) is 0 Å². The summed E-state index contributed by atoms with van der Waals surface area (Å²) in [6.07, 6.45) is 0.472. The van der Waals surface area contributed by atoms with Gasteiger partial charge in [0.05, 0.1) is 9.95 Å². The summed E-state index contributed by atoms with van der Waals surface area (Å²) in [5.41, 5.74) is -0.0684. The molecule has 0 radical (unpaired) electrons. The fourth-order valence-corrected chi connectivity index (χ4v) is 1.40. The average molecular weight is 264 g/mol. The number of nitrogens with zero attached hydrogens (tertiary/aromatic N) is 1. The monoisotopic (exact) mass is 263 g/mol. The van der Waals surface area contributed by atoms with Crippen molar-refractivity contribution < 1.29 is 9.72 Å². The van der Waals surface area contributed by atoms with Crippen LogP contribution in [-0.2, 0) is 0 Å². The molecule has 0 N–H and O–H groups in total. The van der Waals surface area contributed by atoms with Crippen LogP contribution in [0.1, 0.15) is 10.4 Å². The second kappa shape index (κ2) is 3.85. The summed E-state index contributed by atoms with van der Waals surface area (Å²) in [5, 5.41) is 10.5. The molecular formula is C7H3BrClNO3. The number of benzene rings is 1. The predicted molar refractivity (Wildman–Crippen MR) is 51.2 cm³/mol. The van der Waals surface area contributed by atoms with E-state index in [0.717, 1.165) is 6.07 Å². The number of hydrogen-bond donors (Lipinski definition) is 0. The number of carbonyl (C=O) groups is 1. The standard InChI is InChI=1S/C7H3BrClNO3/c8-6-2-5(10(12)13)1-4(3-11)7(6)9/h1-3H. The molecule has 0 aromatic heterocycles. The lowest BCUT2D eigenvalue weighted by molar-refractivity contribution is -0.384. The molecule has 0 aliphatic carbocycles. The summed E-state index contributed by atoms with van der Waals surface area (Å²) < 4.78 is 0.338. The Kier molecular flexibility index (Phi) is 3.00. The van der Waals surface area contributed by atoms with Crippen LogP contribution in [0.25, 0.3) is 0 Å². The second-order valence-corrected chi connectivity index (χ2v) is 3.44. The Morgan fingerprint density at radius 1 is 1.54 bits per heavy atom. The van der Waals surface area contributed by atoms with E-state index >= 15 is 0 Å². The van der Waals surface area contributed by atoms with Crippen molar-refractivity contribution >= 4 is 39.5 Å². The first-order valence-corrected chi connectivity index (χ1v) is 4.32. The molecular weight excluding hydrogens is 261 g/mol. The molecule has 0 unspecified atom stereocenters. The van der Waals surface area contributed by atoms with Gasteiger partial charge in [0.1, 0.15) is 0 Å². The minimum Gasteiger partial charge on any atom is -0.298 e. The van der Waals surface area contributed by atoms with Crippen LogP contribution >= 0.6 is 27.5 Å². The Hall–Kier alpha value is -0.940. The zero-order valence-corrected chi connectivity index (χ0v) is 8.50. The van der Waals surface area contributed by atoms with Crippen LogP contribution in [0.3, 0.4) is 0 Å². The van der Waals surface area contributed by atoms with E-state index in [0.29, 0.717) is 10.8 Å². The van der Waals surface area contributed by atoms with E-state index in [2.05, 4.69) is 15.9 Å². The average Bonchev–Trinajstić information content (AvgIpc) is 2.09. The molecule has 0 aliphatic rings. The number of hydrogen-bond acceptors (Lipinski definition) is 3. The number of rotatable bonds is 2. The molecule has 0 spiro atoms. The summed E-state index contributed by atoms with van der Waals surface area (Å²) in [4.78, 5) is 20.2. The molecule has 0 fully saturated rings. The summed E-state index contributed by atoms with van der Waals surface area (Å²) in [6.45, 7) is 0. The van der Waals surface area contributed by atoms with Gasteiger partial charge in [0.2, 0.25) is 0 Å². The smallest absolute Gasteiger partial charge is 0.271 e. The molecule has 1 rings (SSSR count). The van der Waals surface area contributed by atoms with E-state index in [1.807, 2.05) is 0 Å². The number of nitro groups is 1. The van der Waals surface area contributed by atoms with Crippen LogP contribution in [0, 0.1) is 10.1 Å². The third kappa shape index (κ3) is 2.05. The van der Waals surface area contributed by atoms with Crippen LogP contribution < -0.4 is 0 Å². The topological polar surface area (TPSA) is 60.2 Å². The molecule has 0 bridgehead atoms. The maximum Gasteiger partial charge on any atom is 0.271 e. The fourth-order valence-electron chi connectivity index (χ4n) is 0.787. The van der Waals surface area contributed by atoms with Crippen LogP contribution in [0.4, 0.5) is 5.69 Å². The molecule has 0 amide bonds. The highest BCUT2D eigenvalue weighted by molar-refractivity contribution is 9.10. The Bertz CT molecular complexity index is 380. The van der Waals surface area contributed by atoms with Gasteiger partial charge in [-0.3, -0.25) is 14.9 Å². The third-order valence-corrected chi connectivity index (χ3v) is 2.65. The largest absolute Gasteiger partial charge is 0.298 e. The van der Waals surface area contributed by atoms with Crippen LogP contribution in [0.5, 0.6) is 0 Å². The maximum absolute atomic E-state index is 10.4. The number of halogens is 2. The number of aldehydes is 1. The summed E-state index contributed by atoms with van der Waals surface area (Å²) in [5.74, 6) is 0. The van der Waals surface area contributed by atoms with Gasteiger partial charge in [-0.25, -0.2) is 0 Å². The van der Waals surface area contributed by atoms with Crippen molar-refractivity contribution in [1.82, 2.24) is 0 Å². The Morgan fingerprint density at radius 3 is 2.62 bits per heavy atom. The lowest BCUT2D eigenvalue weighted by Gasteiger charge is -1.98. The minimum absolute atomic E-state index is 0.0998. The lowest BCUT2D eigenvalue weighted by atomic mass is 10.2. The van der Waals surface area contributed by atoms with E-state index < -0.39 is 4.92 Å². The quantitative estimate of drug-likeness (QED) is 0.469. The molecule has 1 aromatic carbocycles. The number of nitro benzene ring substituents is 1. The summed E-state index contributed by atoms with van der Waals surface area (Å²) in [7, 11) is 0. The van der Waals surface area contributed by atoms with Gasteiger partial charge >= 0.3 is 0 Å². The fraction of sp³-hybridized carbons (Fsp3) is 0. The third-order valence-electron chi connectivity index (χ3n) is 1.38. The van der Waals surface area contributed by atoms with Crippen LogP contribution in [0.2, 0.25) is 5.02 Å². The summed E-state index contributed by atoms with van der Waals surface area (Å²) >= 11 is 8.68. The van der Waals surface area contributed by atoms with E-state index in [1.165, 1.54) is 6.07 Å². The molecule has 13 heavy (non-hydrogen) atoms. The van der Waals surface area contributed by atoms with Gasteiger partial charge < -0.3 is 0 Å². The number of carbonyl (C=O) groups excluding carboxylic acids is 1. The first-order valence-electron chi connectivity index (χ1n) is 3.15. The van der Waals surface area contributed by atoms with Gasteiger partial charge in [-0.1, -0.05) is 11.6 Å². The molecule has 0 heterocycles. The Morgan fingerprint density at radius 2 is 2.15 bits per heavy atom. The van der Waals surface area contributed by atoms with Crippen molar-refractivity contribution in [3.05, 3.63) is 37.3 Å². The summed E-state index contributed by atoms with van der Waals surface area (Å²) in [6, 6.07) is 2.37. The van der Waals surface area contributed by atoms with Crippen molar-refractivity contribution in [3.63, 3.8) is 0 Å². The highest BCUT2D eigenvalue weighted by atomic mass is 79.9. The highest BCUT2D eigenvalue weighted by Crippen LogP contribution is 2.29. The van der Waals surface area contributed by atoms with Crippen molar-refractivity contribution in [2.24, 2.45) is 0 Å². The molecule has 0 atom stereocenters. The van der Waals surface area contributed by atoms with Gasteiger partial charge in [-0.05, 0) is 15.9 Å². The van der Waals surface area contributed by atoms with Gasteiger partial charge in [-0.15, -0.1) is 0 Å². The van der Waals surface area contributed by atoms with E-state index in [4.69, 9.17) is 11.6 Å². The predicted octanol–water partition coefficient (Wildman–Crippen LogP) is 2.82. The van der Waals surface area contributed by atoms with E-state index in [9.17, 15) is 14.9 Å². The first-order chi connectivity index (χ1) is 6.06. The Labute approximate surface area is 86.8 Å². The van der Waals surface area contributed by atoms with Crippen molar-refractivity contribution in [3.8, 4) is 0 Å². The molecule has 6 heteroatoms. The zero-order valence-electron chi connectivity index (χ0n) is 6.16. The molecule has 68 valence electrons.